The van der Waals surface area contributed by atoms with Gasteiger partial charge in [0.15, 0.2) is 0 Å². The Kier molecular flexibility index (Phi) is 7.23. The molecular formula is C27H32N2O2. The zero-order valence-corrected chi connectivity index (χ0v) is 18.4. The molecule has 1 heterocycles. The Morgan fingerprint density at radius 2 is 1.58 bits per heavy atom. The van der Waals surface area contributed by atoms with E-state index in [1.54, 1.807) is 14.2 Å². The third-order valence-corrected chi connectivity index (χ3v) is 6.22. The molecule has 0 aromatic heterocycles. The zero-order chi connectivity index (χ0) is 21.5. The number of nitrogens with one attached hydrogen (secondary N) is 2. The van der Waals surface area contributed by atoms with Crippen LogP contribution in [0, 0.1) is 0 Å². The number of rotatable bonds is 8. The molecule has 2 atom stereocenters. The molecule has 0 aliphatic carbocycles. The molecule has 3 aromatic carbocycles. The number of hydrogen-bond acceptors (Lipinski definition) is 4. The minimum atomic E-state index is 0.285. The molecule has 31 heavy (non-hydrogen) atoms. The third kappa shape index (κ3) is 5.09. The Morgan fingerprint density at radius 3 is 2.19 bits per heavy atom. The molecule has 1 fully saturated rings. The predicted octanol–water partition coefficient (Wildman–Crippen LogP) is 4.75. The van der Waals surface area contributed by atoms with Crippen LogP contribution in [0.1, 0.15) is 35.4 Å². The molecule has 0 unspecified atom stereocenters. The Hall–Kier alpha value is -2.82. The maximum absolute atomic E-state index is 5.59. The van der Waals surface area contributed by atoms with Crippen LogP contribution in [0.25, 0.3) is 0 Å². The minimum absolute atomic E-state index is 0.285. The number of hydrogen-bond donors (Lipinski definition) is 2. The van der Waals surface area contributed by atoms with Gasteiger partial charge in [0.25, 0.3) is 0 Å². The van der Waals surface area contributed by atoms with Crippen LogP contribution in [-0.4, -0.2) is 32.8 Å². The predicted molar refractivity (Wildman–Crippen MR) is 126 cm³/mol. The van der Waals surface area contributed by atoms with E-state index < -0.39 is 0 Å². The summed E-state index contributed by atoms with van der Waals surface area (Å²) in [7, 11) is 3.42. The molecule has 0 bridgehead atoms. The van der Waals surface area contributed by atoms with Gasteiger partial charge in [-0.05, 0) is 48.7 Å². The second-order valence-corrected chi connectivity index (χ2v) is 8.09. The number of piperidine rings is 1. The maximum atomic E-state index is 5.59. The van der Waals surface area contributed by atoms with Gasteiger partial charge in [-0.1, -0.05) is 60.7 Å². The summed E-state index contributed by atoms with van der Waals surface area (Å²) in [6.45, 7) is 1.78. The van der Waals surface area contributed by atoms with Crippen molar-refractivity contribution in [2.75, 3.05) is 20.8 Å². The van der Waals surface area contributed by atoms with E-state index in [1.807, 2.05) is 12.1 Å². The highest BCUT2D eigenvalue weighted by molar-refractivity contribution is 5.40. The Labute approximate surface area is 185 Å². The molecule has 4 heteroatoms. The van der Waals surface area contributed by atoms with Gasteiger partial charge < -0.3 is 20.1 Å². The first-order valence-electron chi connectivity index (χ1n) is 11.1. The first-order chi connectivity index (χ1) is 15.3. The summed E-state index contributed by atoms with van der Waals surface area (Å²) in [5.74, 6) is 2.02. The molecule has 4 rings (SSSR count). The molecule has 0 spiro atoms. The van der Waals surface area contributed by atoms with E-state index in [0.717, 1.165) is 36.6 Å². The second kappa shape index (κ2) is 10.5. The lowest BCUT2D eigenvalue weighted by molar-refractivity contribution is 0.278. The molecular weight excluding hydrogens is 384 g/mol. The van der Waals surface area contributed by atoms with Crippen LogP contribution in [-0.2, 0) is 6.54 Å². The average Bonchev–Trinajstić information content (AvgIpc) is 2.85. The summed E-state index contributed by atoms with van der Waals surface area (Å²) < 4.78 is 11.0. The first kappa shape index (κ1) is 21.4. The molecule has 0 radical (unpaired) electrons. The first-order valence-corrected chi connectivity index (χ1v) is 11.1. The van der Waals surface area contributed by atoms with Crippen molar-refractivity contribution in [3.05, 3.63) is 95.6 Å². The van der Waals surface area contributed by atoms with Crippen LogP contribution in [0.2, 0.25) is 0 Å². The average molecular weight is 417 g/mol. The summed E-state index contributed by atoms with van der Waals surface area (Å²) in [6, 6.07) is 28.3. The van der Waals surface area contributed by atoms with Crippen molar-refractivity contribution < 1.29 is 9.47 Å². The quantitative estimate of drug-likeness (QED) is 0.556. The van der Waals surface area contributed by atoms with Crippen molar-refractivity contribution in [2.24, 2.45) is 0 Å². The van der Waals surface area contributed by atoms with Crippen LogP contribution >= 0.6 is 0 Å². The molecule has 3 aromatic rings. The lowest BCUT2D eigenvalue weighted by atomic mass is 9.79. The molecule has 1 saturated heterocycles. The molecule has 0 saturated carbocycles. The molecule has 4 nitrogen and oxygen atoms in total. The second-order valence-electron chi connectivity index (χ2n) is 8.09. The van der Waals surface area contributed by atoms with Crippen LogP contribution < -0.4 is 20.1 Å². The third-order valence-electron chi connectivity index (χ3n) is 6.22. The minimum Gasteiger partial charge on any atom is -0.497 e. The SMILES string of the molecule is COc1ccc(OC)c(CN[C@H]2CCCN[C@H]2C(c2ccccc2)c2ccccc2)c1. The van der Waals surface area contributed by atoms with E-state index >= 15 is 0 Å². The lowest BCUT2D eigenvalue weighted by Crippen LogP contribution is -2.54. The Balaban J connectivity index is 1.60. The molecule has 1 aliphatic heterocycles. The topological polar surface area (TPSA) is 42.5 Å². The van der Waals surface area contributed by atoms with Gasteiger partial charge in [0, 0.05) is 30.1 Å². The fourth-order valence-corrected chi connectivity index (χ4v) is 4.68. The fourth-order valence-electron chi connectivity index (χ4n) is 4.68. The van der Waals surface area contributed by atoms with E-state index in [4.69, 9.17) is 9.47 Å². The van der Waals surface area contributed by atoms with Crippen molar-refractivity contribution in [3.63, 3.8) is 0 Å². The molecule has 1 aliphatic rings. The zero-order valence-electron chi connectivity index (χ0n) is 18.4. The van der Waals surface area contributed by atoms with Gasteiger partial charge in [-0.15, -0.1) is 0 Å². The monoisotopic (exact) mass is 416 g/mol. The number of methoxy groups -OCH3 is 2. The number of ether oxygens (including phenoxy) is 2. The summed E-state index contributed by atoms with van der Waals surface area (Å²) in [6.07, 6.45) is 2.31. The van der Waals surface area contributed by atoms with E-state index in [9.17, 15) is 0 Å². The molecule has 162 valence electrons. The van der Waals surface area contributed by atoms with Gasteiger partial charge in [0.2, 0.25) is 0 Å². The summed E-state index contributed by atoms with van der Waals surface area (Å²) in [5.41, 5.74) is 3.81. The van der Waals surface area contributed by atoms with Crippen LogP contribution in [0.3, 0.4) is 0 Å². The Bertz CT molecular complexity index is 906. The standard InChI is InChI=1S/C27H32N2O2/c1-30-23-15-16-25(31-2)22(18-23)19-29-24-14-9-17-28-27(24)26(20-10-5-3-6-11-20)21-12-7-4-8-13-21/h3-8,10-13,15-16,18,24,26-29H,9,14,17,19H2,1-2H3/t24-,27+/m0/s1. The number of benzene rings is 3. The van der Waals surface area contributed by atoms with Crippen molar-refractivity contribution in [3.8, 4) is 11.5 Å². The lowest BCUT2D eigenvalue weighted by Gasteiger charge is -2.39. The fraction of sp³-hybridized carbons (Fsp3) is 0.333. The van der Waals surface area contributed by atoms with Crippen LogP contribution in [0.15, 0.2) is 78.9 Å². The van der Waals surface area contributed by atoms with Gasteiger partial charge >= 0.3 is 0 Å². The normalized spacial score (nSPS) is 18.7. The highest BCUT2D eigenvalue weighted by Crippen LogP contribution is 2.32. The summed E-state index contributed by atoms with van der Waals surface area (Å²) in [5, 5.41) is 7.67. The Morgan fingerprint density at radius 1 is 0.903 bits per heavy atom. The largest absolute Gasteiger partial charge is 0.497 e. The smallest absolute Gasteiger partial charge is 0.123 e. The van der Waals surface area contributed by atoms with E-state index in [-0.39, 0.29) is 5.92 Å². The van der Waals surface area contributed by atoms with E-state index in [0.29, 0.717) is 12.1 Å². The maximum Gasteiger partial charge on any atom is 0.123 e. The molecule has 2 N–H and O–H groups in total. The molecule has 0 amide bonds. The van der Waals surface area contributed by atoms with Gasteiger partial charge in [-0.2, -0.15) is 0 Å². The highest BCUT2D eigenvalue weighted by atomic mass is 16.5. The van der Waals surface area contributed by atoms with E-state index in [1.165, 1.54) is 17.5 Å². The van der Waals surface area contributed by atoms with Gasteiger partial charge in [-0.3, -0.25) is 0 Å². The van der Waals surface area contributed by atoms with Crippen LogP contribution in [0.4, 0.5) is 0 Å². The van der Waals surface area contributed by atoms with Crippen molar-refractivity contribution in [1.82, 2.24) is 10.6 Å². The van der Waals surface area contributed by atoms with Gasteiger partial charge in [-0.25, -0.2) is 0 Å². The van der Waals surface area contributed by atoms with Gasteiger partial charge in [0.05, 0.1) is 14.2 Å². The van der Waals surface area contributed by atoms with Gasteiger partial charge in [0.1, 0.15) is 11.5 Å². The summed E-state index contributed by atoms with van der Waals surface area (Å²) in [4.78, 5) is 0. The van der Waals surface area contributed by atoms with Crippen molar-refractivity contribution >= 4 is 0 Å². The van der Waals surface area contributed by atoms with Crippen molar-refractivity contribution in [2.45, 2.75) is 37.4 Å². The summed E-state index contributed by atoms with van der Waals surface area (Å²) >= 11 is 0. The van der Waals surface area contributed by atoms with E-state index in [2.05, 4.69) is 77.4 Å². The van der Waals surface area contributed by atoms with Crippen molar-refractivity contribution in [1.29, 1.82) is 0 Å². The highest BCUT2D eigenvalue weighted by Gasteiger charge is 2.33. The van der Waals surface area contributed by atoms with Crippen LogP contribution in [0.5, 0.6) is 11.5 Å².